The molecule has 1 unspecified atom stereocenters. The van der Waals surface area contributed by atoms with Gasteiger partial charge in [0.15, 0.2) is 0 Å². The van der Waals surface area contributed by atoms with Gasteiger partial charge in [0.1, 0.15) is 0 Å². The van der Waals surface area contributed by atoms with E-state index in [2.05, 4.69) is 6.92 Å². The molecule has 1 N–H and O–H groups in total. The fourth-order valence-corrected chi connectivity index (χ4v) is 0.993. The zero-order chi connectivity index (χ0) is 8.74. The standard InChI is InChI=1S/C10H19O/c1-4-6-7-8-9-10(3,11)5-2/h2,5,11H,4,6-9H2,1,3H3. The van der Waals surface area contributed by atoms with E-state index < -0.39 is 5.60 Å². The Balaban J connectivity index is 3.30. The summed E-state index contributed by atoms with van der Waals surface area (Å²) in [5, 5.41) is 9.44. The van der Waals surface area contributed by atoms with Gasteiger partial charge in [-0.1, -0.05) is 45.3 Å². The summed E-state index contributed by atoms with van der Waals surface area (Å²) >= 11 is 0. The van der Waals surface area contributed by atoms with Crippen LogP contribution in [0, 0.1) is 6.58 Å². The molecule has 0 spiro atoms. The highest BCUT2D eigenvalue weighted by atomic mass is 16.3. The van der Waals surface area contributed by atoms with E-state index in [1.54, 1.807) is 6.92 Å². The Labute approximate surface area is 70.1 Å². The average molecular weight is 155 g/mol. The Morgan fingerprint density at radius 1 is 1.36 bits per heavy atom. The van der Waals surface area contributed by atoms with Crippen LogP contribution < -0.4 is 0 Å². The molecule has 0 aromatic carbocycles. The fraction of sp³-hybridized carbons (Fsp3) is 0.800. The maximum atomic E-state index is 9.44. The maximum absolute atomic E-state index is 9.44. The van der Waals surface area contributed by atoms with Crippen molar-refractivity contribution in [1.82, 2.24) is 0 Å². The first-order valence-electron chi connectivity index (χ1n) is 4.41. The normalized spacial score (nSPS) is 15.9. The molecule has 1 heteroatoms. The Bertz CT molecular complexity index is 105. The Hall–Kier alpha value is -0.300. The molecule has 0 saturated heterocycles. The van der Waals surface area contributed by atoms with Gasteiger partial charge in [-0.05, 0) is 13.3 Å². The van der Waals surface area contributed by atoms with Crippen molar-refractivity contribution in [3.05, 3.63) is 12.7 Å². The van der Waals surface area contributed by atoms with Crippen LogP contribution >= 0.6 is 0 Å². The van der Waals surface area contributed by atoms with Crippen molar-refractivity contribution < 1.29 is 5.11 Å². The van der Waals surface area contributed by atoms with E-state index in [0.29, 0.717) is 0 Å². The van der Waals surface area contributed by atoms with Gasteiger partial charge in [-0.25, -0.2) is 0 Å². The van der Waals surface area contributed by atoms with Gasteiger partial charge in [0.05, 0.1) is 5.60 Å². The van der Waals surface area contributed by atoms with Crippen LogP contribution in [0.1, 0.15) is 46.0 Å². The molecule has 1 radical (unpaired) electrons. The first-order chi connectivity index (χ1) is 5.12. The van der Waals surface area contributed by atoms with Crippen LogP contribution in [0.4, 0.5) is 0 Å². The van der Waals surface area contributed by atoms with E-state index in [1.165, 1.54) is 25.3 Å². The summed E-state index contributed by atoms with van der Waals surface area (Å²) in [6, 6.07) is 0. The molecule has 0 heterocycles. The van der Waals surface area contributed by atoms with Gasteiger partial charge in [-0.15, -0.1) is 0 Å². The van der Waals surface area contributed by atoms with Gasteiger partial charge >= 0.3 is 0 Å². The highest BCUT2D eigenvalue weighted by Crippen LogP contribution is 2.15. The number of hydrogen-bond donors (Lipinski definition) is 1. The molecule has 0 bridgehead atoms. The summed E-state index contributed by atoms with van der Waals surface area (Å²) in [7, 11) is 0. The van der Waals surface area contributed by atoms with Crippen LogP contribution in [0.25, 0.3) is 0 Å². The van der Waals surface area contributed by atoms with Gasteiger partial charge in [-0.2, -0.15) is 0 Å². The minimum atomic E-state index is -0.756. The van der Waals surface area contributed by atoms with Crippen LogP contribution in [0.3, 0.4) is 0 Å². The van der Waals surface area contributed by atoms with Crippen molar-refractivity contribution in [3.63, 3.8) is 0 Å². The lowest BCUT2D eigenvalue weighted by Crippen LogP contribution is -2.19. The molecule has 0 fully saturated rings. The first-order valence-corrected chi connectivity index (χ1v) is 4.41. The highest BCUT2D eigenvalue weighted by Gasteiger charge is 2.13. The van der Waals surface area contributed by atoms with Crippen LogP contribution in [0.5, 0.6) is 0 Å². The highest BCUT2D eigenvalue weighted by molar-refractivity contribution is 4.89. The summed E-state index contributed by atoms with van der Waals surface area (Å²) in [5.41, 5.74) is -0.756. The molecule has 0 aliphatic rings. The van der Waals surface area contributed by atoms with Crippen molar-refractivity contribution in [2.45, 2.75) is 51.6 Å². The molecule has 1 atom stereocenters. The van der Waals surface area contributed by atoms with E-state index in [-0.39, 0.29) is 0 Å². The van der Waals surface area contributed by atoms with Gasteiger partial charge in [0, 0.05) is 0 Å². The van der Waals surface area contributed by atoms with E-state index in [1.807, 2.05) is 0 Å². The molecule has 65 valence electrons. The van der Waals surface area contributed by atoms with E-state index in [4.69, 9.17) is 6.58 Å². The Kier molecular flexibility index (Phi) is 5.22. The Morgan fingerprint density at radius 3 is 2.45 bits per heavy atom. The van der Waals surface area contributed by atoms with Crippen LogP contribution in [0.15, 0.2) is 6.08 Å². The fourth-order valence-electron chi connectivity index (χ4n) is 0.993. The summed E-state index contributed by atoms with van der Waals surface area (Å²) in [4.78, 5) is 0. The topological polar surface area (TPSA) is 20.2 Å². The third kappa shape index (κ3) is 6.11. The van der Waals surface area contributed by atoms with E-state index in [0.717, 1.165) is 12.8 Å². The third-order valence-electron chi connectivity index (χ3n) is 1.90. The predicted molar refractivity (Wildman–Crippen MR) is 48.3 cm³/mol. The third-order valence-corrected chi connectivity index (χ3v) is 1.90. The number of unbranched alkanes of at least 4 members (excludes halogenated alkanes) is 3. The largest absolute Gasteiger partial charge is 0.386 e. The van der Waals surface area contributed by atoms with E-state index in [9.17, 15) is 5.11 Å². The van der Waals surface area contributed by atoms with Crippen molar-refractivity contribution in [2.75, 3.05) is 0 Å². The predicted octanol–water partition coefficient (Wildman–Crippen LogP) is 2.70. The lowest BCUT2D eigenvalue weighted by Gasteiger charge is -2.17. The quantitative estimate of drug-likeness (QED) is 0.585. The number of rotatable bonds is 6. The zero-order valence-electron chi connectivity index (χ0n) is 7.64. The second-order valence-corrected chi connectivity index (χ2v) is 3.33. The molecule has 0 aromatic rings. The number of aliphatic hydroxyl groups is 1. The van der Waals surface area contributed by atoms with Crippen LogP contribution in [-0.4, -0.2) is 10.7 Å². The average Bonchev–Trinajstić information content (AvgIpc) is 1.99. The summed E-state index contributed by atoms with van der Waals surface area (Å²) in [5.74, 6) is 0. The molecule has 0 saturated carbocycles. The first kappa shape index (κ1) is 10.7. The summed E-state index contributed by atoms with van der Waals surface area (Å²) < 4.78 is 0. The Morgan fingerprint density at radius 2 is 2.00 bits per heavy atom. The molecule has 0 aliphatic carbocycles. The summed E-state index contributed by atoms with van der Waals surface area (Å²) in [6.07, 6.45) is 6.90. The molecular formula is C10H19O. The second-order valence-electron chi connectivity index (χ2n) is 3.33. The molecule has 0 aliphatic heterocycles. The molecule has 0 aromatic heterocycles. The second kappa shape index (κ2) is 5.36. The molecule has 1 nitrogen and oxygen atoms in total. The van der Waals surface area contributed by atoms with Gasteiger partial charge < -0.3 is 5.11 Å². The van der Waals surface area contributed by atoms with Crippen molar-refractivity contribution in [2.24, 2.45) is 0 Å². The van der Waals surface area contributed by atoms with Crippen LogP contribution in [0.2, 0.25) is 0 Å². The van der Waals surface area contributed by atoms with Crippen molar-refractivity contribution in [1.29, 1.82) is 0 Å². The smallest absolute Gasteiger partial charge is 0.0802 e. The molecule has 0 amide bonds. The molecule has 0 rings (SSSR count). The minimum Gasteiger partial charge on any atom is -0.386 e. The van der Waals surface area contributed by atoms with Gasteiger partial charge in [0.25, 0.3) is 0 Å². The SMILES string of the molecule is [CH]=CC(C)(O)CCCCCC. The minimum absolute atomic E-state index is 0.756. The van der Waals surface area contributed by atoms with Crippen molar-refractivity contribution in [3.8, 4) is 0 Å². The van der Waals surface area contributed by atoms with Gasteiger partial charge in [-0.3, -0.25) is 0 Å². The summed E-state index contributed by atoms with van der Waals surface area (Å²) in [6.45, 7) is 9.17. The monoisotopic (exact) mass is 155 g/mol. The molecule has 11 heavy (non-hydrogen) atoms. The maximum Gasteiger partial charge on any atom is 0.0802 e. The zero-order valence-corrected chi connectivity index (χ0v) is 7.64. The van der Waals surface area contributed by atoms with Crippen molar-refractivity contribution >= 4 is 0 Å². The lowest BCUT2D eigenvalue weighted by molar-refractivity contribution is 0.0985. The van der Waals surface area contributed by atoms with Gasteiger partial charge in [0.2, 0.25) is 0 Å². The number of hydrogen-bond acceptors (Lipinski definition) is 1. The van der Waals surface area contributed by atoms with Crippen LogP contribution in [-0.2, 0) is 0 Å². The lowest BCUT2D eigenvalue weighted by atomic mass is 9.98. The van der Waals surface area contributed by atoms with E-state index >= 15 is 0 Å². The molecular weight excluding hydrogens is 136 g/mol.